The number of rotatable bonds is 0. The lowest BCUT2D eigenvalue weighted by Crippen LogP contribution is -2.52. The summed E-state index contributed by atoms with van der Waals surface area (Å²) in [5.74, 6) is 0.933. The average Bonchev–Trinajstić information content (AvgIpc) is 2.05. The van der Waals surface area contributed by atoms with E-state index < -0.39 is 0 Å². The van der Waals surface area contributed by atoms with Crippen molar-refractivity contribution in [3.63, 3.8) is 0 Å². The summed E-state index contributed by atoms with van der Waals surface area (Å²) >= 11 is 0. The van der Waals surface area contributed by atoms with Crippen molar-refractivity contribution in [1.82, 2.24) is 10.6 Å². The Morgan fingerprint density at radius 2 is 2.00 bits per heavy atom. The van der Waals surface area contributed by atoms with Crippen LogP contribution in [0, 0.1) is 5.92 Å². The van der Waals surface area contributed by atoms with E-state index in [4.69, 9.17) is 0 Å². The van der Waals surface area contributed by atoms with E-state index in [0.717, 1.165) is 18.6 Å². The van der Waals surface area contributed by atoms with Crippen molar-refractivity contribution in [3.05, 3.63) is 0 Å². The minimum Gasteiger partial charge on any atom is -0.304 e. The molecule has 1 aliphatic carbocycles. The van der Waals surface area contributed by atoms with Gasteiger partial charge in [0.25, 0.3) is 0 Å². The molecular formula is C8H16N2. The molecule has 10 heavy (non-hydrogen) atoms. The molecule has 58 valence electrons. The third-order valence-electron chi connectivity index (χ3n) is 2.80. The lowest BCUT2D eigenvalue weighted by molar-refractivity contribution is 0.213. The van der Waals surface area contributed by atoms with Gasteiger partial charge in [0, 0.05) is 19.3 Å². The van der Waals surface area contributed by atoms with Crippen LogP contribution in [-0.4, -0.2) is 19.3 Å². The molecule has 2 rings (SSSR count). The fourth-order valence-electron chi connectivity index (χ4n) is 2.18. The normalized spacial score (nSPS) is 40.8. The van der Waals surface area contributed by atoms with Crippen molar-refractivity contribution in [2.75, 3.05) is 13.2 Å². The van der Waals surface area contributed by atoms with Crippen LogP contribution >= 0.6 is 0 Å². The molecule has 0 aromatic heterocycles. The molecule has 2 fully saturated rings. The second-order valence-electron chi connectivity index (χ2n) is 3.49. The molecule has 2 heteroatoms. The Kier molecular flexibility index (Phi) is 1.91. The van der Waals surface area contributed by atoms with Gasteiger partial charge in [-0.25, -0.2) is 0 Å². The summed E-state index contributed by atoms with van der Waals surface area (Å²) in [6.07, 6.45) is 5.73. The third kappa shape index (κ3) is 1.18. The maximum atomic E-state index is 3.51. The molecule has 0 amide bonds. The van der Waals surface area contributed by atoms with Crippen LogP contribution in [0.4, 0.5) is 0 Å². The lowest BCUT2D eigenvalue weighted by atomic mass is 9.83. The van der Waals surface area contributed by atoms with Gasteiger partial charge in [0.05, 0.1) is 0 Å². The SMILES string of the molecule is C1CCC2NCNCC2C1. The van der Waals surface area contributed by atoms with E-state index in [9.17, 15) is 0 Å². The largest absolute Gasteiger partial charge is 0.304 e. The Morgan fingerprint density at radius 1 is 1.10 bits per heavy atom. The zero-order valence-corrected chi connectivity index (χ0v) is 6.40. The molecule has 1 heterocycles. The highest BCUT2D eigenvalue weighted by molar-refractivity contribution is 4.84. The first kappa shape index (κ1) is 6.62. The van der Waals surface area contributed by atoms with E-state index in [2.05, 4.69) is 10.6 Å². The van der Waals surface area contributed by atoms with Crippen molar-refractivity contribution in [1.29, 1.82) is 0 Å². The topological polar surface area (TPSA) is 24.1 Å². The maximum absolute atomic E-state index is 3.51. The van der Waals surface area contributed by atoms with Gasteiger partial charge in [-0.1, -0.05) is 12.8 Å². The van der Waals surface area contributed by atoms with Crippen LogP contribution in [0.25, 0.3) is 0 Å². The molecule has 0 spiro atoms. The van der Waals surface area contributed by atoms with Crippen LogP contribution in [0.15, 0.2) is 0 Å². The number of hydrogen-bond acceptors (Lipinski definition) is 2. The molecule has 2 aliphatic rings. The van der Waals surface area contributed by atoms with Gasteiger partial charge in [0.15, 0.2) is 0 Å². The standard InChI is InChI=1S/C8H16N2/c1-2-4-8-7(3-1)5-9-6-10-8/h7-10H,1-6H2. The van der Waals surface area contributed by atoms with Crippen molar-refractivity contribution < 1.29 is 0 Å². The van der Waals surface area contributed by atoms with Gasteiger partial charge in [0.2, 0.25) is 0 Å². The Hall–Kier alpha value is -0.0800. The monoisotopic (exact) mass is 140 g/mol. The molecular weight excluding hydrogens is 124 g/mol. The average molecular weight is 140 g/mol. The van der Waals surface area contributed by atoms with Gasteiger partial charge in [-0.15, -0.1) is 0 Å². The molecule has 2 nitrogen and oxygen atoms in total. The predicted octanol–water partition coefficient (Wildman–Crippen LogP) is 0.696. The molecule has 2 atom stereocenters. The highest BCUT2D eigenvalue weighted by atomic mass is 15.1. The Labute approximate surface area is 62.4 Å². The molecule has 0 aromatic carbocycles. The van der Waals surface area contributed by atoms with E-state index in [-0.39, 0.29) is 0 Å². The maximum Gasteiger partial charge on any atom is 0.0456 e. The summed E-state index contributed by atoms with van der Waals surface area (Å²) in [7, 11) is 0. The molecule has 0 aromatic rings. The predicted molar refractivity (Wildman–Crippen MR) is 41.8 cm³/mol. The second kappa shape index (κ2) is 2.89. The fraction of sp³-hybridized carbons (Fsp3) is 1.00. The molecule has 1 saturated carbocycles. The van der Waals surface area contributed by atoms with Gasteiger partial charge in [-0.2, -0.15) is 0 Å². The number of nitrogens with one attached hydrogen (secondary N) is 2. The molecule has 0 bridgehead atoms. The zero-order chi connectivity index (χ0) is 6.81. The van der Waals surface area contributed by atoms with Crippen LogP contribution in [0.2, 0.25) is 0 Å². The Morgan fingerprint density at radius 3 is 2.90 bits per heavy atom. The number of fused-ring (bicyclic) bond motifs is 1. The quantitative estimate of drug-likeness (QED) is 0.517. The van der Waals surface area contributed by atoms with E-state index in [0.29, 0.717) is 0 Å². The van der Waals surface area contributed by atoms with E-state index in [1.54, 1.807) is 0 Å². The van der Waals surface area contributed by atoms with Gasteiger partial charge >= 0.3 is 0 Å². The highest BCUT2D eigenvalue weighted by Crippen LogP contribution is 2.24. The first-order valence-corrected chi connectivity index (χ1v) is 4.41. The van der Waals surface area contributed by atoms with Crippen molar-refractivity contribution in [3.8, 4) is 0 Å². The minimum absolute atomic E-state index is 0.843. The number of hydrogen-bond donors (Lipinski definition) is 2. The fourth-order valence-corrected chi connectivity index (χ4v) is 2.18. The Balaban J connectivity index is 1.93. The summed E-state index contributed by atoms with van der Waals surface area (Å²) in [5, 5.41) is 6.88. The van der Waals surface area contributed by atoms with Crippen LogP contribution < -0.4 is 10.6 Å². The van der Waals surface area contributed by atoms with Crippen LogP contribution in [0.5, 0.6) is 0 Å². The lowest BCUT2D eigenvalue weighted by Gasteiger charge is -2.36. The zero-order valence-electron chi connectivity index (χ0n) is 6.40. The van der Waals surface area contributed by atoms with Crippen molar-refractivity contribution >= 4 is 0 Å². The smallest absolute Gasteiger partial charge is 0.0456 e. The van der Waals surface area contributed by atoms with Gasteiger partial charge < -0.3 is 10.6 Å². The summed E-state index contributed by atoms with van der Waals surface area (Å²) < 4.78 is 0. The van der Waals surface area contributed by atoms with Crippen molar-refractivity contribution in [2.45, 2.75) is 31.7 Å². The molecule has 1 aliphatic heterocycles. The summed E-state index contributed by atoms with van der Waals surface area (Å²) in [4.78, 5) is 0. The summed E-state index contributed by atoms with van der Waals surface area (Å²) in [5.41, 5.74) is 0. The Bertz CT molecular complexity index is 87.8. The molecule has 2 N–H and O–H groups in total. The van der Waals surface area contributed by atoms with Crippen molar-refractivity contribution in [2.24, 2.45) is 5.92 Å². The second-order valence-corrected chi connectivity index (χ2v) is 3.49. The first-order valence-electron chi connectivity index (χ1n) is 4.41. The molecule has 0 radical (unpaired) electrons. The summed E-state index contributed by atoms with van der Waals surface area (Å²) in [6.45, 7) is 2.28. The van der Waals surface area contributed by atoms with Gasteiger partial charge in [-0.05, 0) is 18.8 Å². The van der Waals surface area contributed by atoms with Gasteiger partial charge in [-0.3, -0.25) is 0 Å². The van der Waals surface area contributed by atoms with Crippen LogP contribution in [-0.2, 0) is 0 Å². The summed E-state index contributed by atoms with van der Waals surface area (Å²) in [6, 6.07) is 0.843. The van der Waals surface area contributed by atoms with E-state index in [1.807, 2.05) is 0 Å². The third-order valence-corrected chi connectivity index (χ3v) is 2.80. The van der Waals surface area contributed by atoms with E-state index in [1.165, 1.54) is 32.2 Å². The van der Waals surface area contributed by atoms with Crippen LogP contribution in [0.1, 0.15) is 25.7 Å². The van der Waals surface area contributed by atoms with Gasteiger partial charge in [0.1, 0.15) is 0 Å². The van der Waals surface area contributed by atoms with E-state index >= 15 is 0 Å². The molecule has 1 saturated heterocycles. The first-order chi connectivity index (χ1) is 4.97. The highest BCUT2D eigenvalue weighted by Gasteiger charge is 2.26. The minimum atomic E-state index is 0.843. The molecule has 2 unspecified atom stereocenters. The van der Waals surface area contributed by atoms with Crippen LogP contribution in [0.3, 0.4) is 0 Å².